The molecule has 1 aromatic carbocycles. The zero-order chi connectivity index (χ0) is 10.8. The van der Waals surface area contributed by atoms with Crippen LogP contribution in [0.15, 0.2) is 18.2 Å². The fraction of sp³-hybridized carbons (Fsp3) is 0.300. The molecule has 0 aliphatic carbocycles. The first-order chi connectivity index (χ1) is 7.24. The molecule has 0 fully saturated rings. The Balaban J connectivity index is 2.59. The molecule has 0 aliphatic heterocycles. The topological polar surface area (TPSA) is 57.0 Å². The summed E-state index contributed by atoms with van der Waals surface area (Å²) in [5.41, 5.74) is 1.90. The zero-order valence-corrected chi connectivity index (χ0v) is 8.60. The number of carbonyl (C=O) groups is 1. The summed E-state index contributed by atoms with van der Waals surface area (Å²) in [6.45, 7) is 2.14. The highest BCUT2D eigenvalue weighted by molar-refractivity contribution is 6.01. The Kier molecular flexibility index (Phi) is 2.37. The fourth-order valence-corrected chi connectivity index (χ4v) is 1.49. The quantitative estimate of drug-likeness (QED) is 0.690. The van der Waals surface area contributed by atoms with Gasteiger partial charge in [0.05, 0.1) is 12.2 Å². The van der Waals surface area contributed by atoms with Crippen molar-refractivity contribution < 1.29 is 9.53 Å². The van der Waals surface area contributed by atoms with Crippen LogP contribution < -0.4 is 0 Å². The van der Waals surface area contributed by atoms with E-state index in [0.717, 1.165) is 0 Å². The van der Waals surface area contributed by atoms with Crippen LogP contribution in [0, 0.1) is 0 Å². The number of rotatable bonds is 2. The Morgan fingerprint density at radius 3 is 3.07 bits per heavy atom. The molecule has 0 bridgehead atoms. The average molecular weight is 205 g/mol. The van der Waals surface area contributed by atoms with Gasteiger partial charge in [-0.3, -0.25) is 0 Å². The monoisotopic (exact) mass is 205 g/mol. The van der Waals surface area contributed by atoms with Gasteiger partial charge in [0.2, 0.25) is 0 Å². The van der Waals surface area contributed by atoms with E-state index in [-0.39, 0.29) is 5.97 Å². The summed E-state index contributed by atoms with van der Waals surface area (Å²) in [4.78, 5) is 11.6. The molecule has 5 nitrogen and oxygen atoms in total. The predicted molar refractivity (Wildman–Crippen MR) is 54.5 cm³/mol. The smallest absolute Gasteiger partial charge is 0.340 e. The summed E-state index contributed by atoms with van der Waals surface area (Å²) >= 11 is 0. The van der Waals surface area contributed by atoms with Crippen LogP contribution in [-0.2, 0) is 11.8 Å². The summed E-state index contributed by atoms with van der Waals surface area (Å²) < 4.78 is 6.52. The van der Waals surface area contributed by atoms with E-state index in [9.17, 15) is 4.79 Å². The summed E-state index contributed by atoms with van der Waals surface area (Å²) in [6, 6.07) is 5.29. The van der Waals surface area contributed by atoms with E-state index in [1.165, 1.54) is 0 Å². The van der Waals surface area contributed by atoms with Gasteiger partial charge in [-0.2, -0.15) is 0 Å². The molecule has 78 valence electrons. The van der Waals surface area contributed by atoms with Crippen LogP contribution in [0.4, 0.5) is 0 Å². The summed E-state index contributed by atoms with van der Waals surface area (Å²) in [5, 5.41) is 7.78. The van der Waals surface area contributed by atoms with E-state index in [1.807, 2.05) is 6.07 Å². The third kappa shape index (κ3) is 1.56. The zero-order valence-electron chi connectivity index (χ0n) is 8.60. The van der Waals surface area contributed by atoms with Crippen molar-refractivity contribution in [3.05, 3.63) is 23.8 Å². The number of hydrogen-bond acceptors (Lipinski definition) is 4. The molecular formula is C10H11N3O2. The molecule has 0 amide bonds. The number of ether oxygens (including phenoxy) is 1. The number of para-hydroxylation sites is 1. The number of benzene rings is 1. The molecule has 2 rings (SSSR count). The van der Waals surface area contributed by atoms with Gasteiger partial charge in [0.25, 0.3) is 0 Å². The second kappa shape index (κ2) is 3.68. The molecule has 0 aliphatic rings. The summed E-state index contributed by atoms with van der Waals surface area (Å²) in [7, 11) is 1.75. The molecule has 2 aromatic rings. The maximum Gasteiger partial charge on any atom is 0.340 e. The molecule has 1 heterocycles. The molecular weight excluding hydrogens is 194 g/mol. The van der Waals surface area contributed by atoms with Crippen molar-refractivity contribution in [1.82, 2.24) is 15.0 Å². The first-order valence-electron chi connectivity index (χ1n) is 4.69. The van der Waals surface area contributed by atoms with E-state index < -0.39 is 0 Å². The molecule has 5 heteroatoms. The second-order valence-corrected chi connectivity index (χ2v) is 3.11. The van der Waals surface area contributed by atoms with E-state index in [2.05, 4.69) is 10.3 Å². The van der Waals surface area contributed by atoms with Crippen molar-refractivity contribution in [1.29, 1.82) is 0 Å². The molecule has 0 spiro atoms. The highest BCUT2D eigenvalue weighted by atomic mass is 16.5. The standard InChI is InChI=1S/C10H11N3O2/c1-3-15-10(14)7-5-4-6-8-9(7)13(2)12-11-8/h4-6H,3H2,1-2H3. The minimum Gasteiger partial charge on any atom is -0.462 e. The van der Waals surface area contributed by atoms with Crippen LogP contribution in [0.5, 0.6) is 0 Å². The van der Waals surface area contributed by atoms with Crippen molar-refractivity contribution in [2.45, 2.75) is 6.92 Å². The van der Waals surface area contributed by atoms with Crippen LogP contribution >= 0.6 is 0 Å². The number of nitrogens with zero attached hydrogens (tertiary/aromatic N) is 3. The van der Waals surface area contributed by atoms with Crippen molar-refractivity contribution in [2.75, 3.05) is 6.61 Å². The largest absolute Gasteiger partial charge is 0.462 e. The van der Waals surface area contributed by atoms with E-state index in [1.54, 1.807) is 30.8 Å². The molecule has 15 heavy (non-hydrogen) atoms. The lowest BCUT2D eigenvalue weighted by atomic mass is 10.2. The molecule has 0 radical (unpaired) electrons. The third-order valence-electron chi connectivity index (χ3n) is 2.12. The van der Waals surface area contributed by atoms with Gasteiger partial charge in [-0.15, -0.1) is 5.10 Å². The molecule has 1 aromatic heterocycles. The van der Waals surface area contributed by atoms with Gasteiger partial charge in [0, 0.05) is 7.05 Å². The van der Waals surface area contributed by atoms with Gasteiger partial charge in [0.15, 0.2) is 0 Å². The number of carbonyl (C=O) groups excluding carboxylic acids is 1. The Bertz CT molecular complexity index is 504. The number of aryl methyl sites for hydroxylation is 1. The van der Waals surface area contributed by atoms with Crippen LogP contribution in [-0.4, -0.2) is 27.6 Å². The molecule has 0 N–H and O–H groups in total. The van der Waals surface area contributed by atoms with Crippen LogP contribution in [0.3, 0.4) is 0 Å². The number of hydrogen-bond donors (Lipinski definition) is 0. The molecule has 0 saturated carbocycles. The summed E-state index contributed by atoms with van der Waals surface area (Å²) in [5.74, 6) is -0.339. The Labute approximate surface area is 86.6 Å². The average Bonchev–Trinajstić information content (AvgIpc) is 2.61. The van der Waals surface area contributed by atoms with Gasteiger partial charge in [-0.25, -0.2) is 9.48 Å². The van der Waals surface area contributed by atoms with Crippen molar-refractivity contribution in [3.8, 4) is 0 Å². The fourth-order valence-electron chi connectivity index (χ4n) is 1.49. The van der Waals surface area contributed by atoms with Crippen molar-refractivity contribution >= 4 is 17.0 Å². The maximum absolute atomic E-state index is 11.6. The maximum atomic E-state index is 11.6. The Morgan fingerprint density at radius 2 is 2.33 bits per heavy atom. The molecule has 0 unspecified atom stereocenters. The predicted octanol–water partition coefficient (Wildman–Crippen LogP) is 1.14. The van der Waals surface area contributed by atoms with Gasteiger partial charge >= 0.3 is 5.97 Å². The van der Waals surface area contributed by atoms with E-state index >= 15 is 0 Å². The highest BCUT2D eigenvalue weighted by Gasteiger charge is 2.14. The number of aromatic nitrogens is 3. The normalized spacial score (nSPS) is 10.5. The highest BCUT2D eigenvalue weighted by Crippen LogP contribution is 2.16. The minimum atomic E-state index is -0.339. The first kappa shape index (κ1) is 9.64. The number of fused-ring (bicyclic) bond motifs is 1. The van der Waals surface area contributed by atoms with Crippen LogP contribution in [0.2, 0.25) is 0 Å². The lowest BCUT2D eigenvalue weighted by molar-refractivity contribution is 0.0528. The lowest BCUT2D eigenvalue weighted by Gasteiger charge is -2.03. The minimum absolute atomic E-state index is 0.339. The Morgan fingerprint density at radius 1 is 1.53 bits per heavy atom. The van der Waals surface area contributed by atoms with Gasteiger partial charge in [0.1, 0.15) is 11.0 Å². The second-order valence-electron chi connectivity index (χ2n) is 3.11. The Hall–Kier alpha value is -1.91. The van der Waals surface area contributed by atoms with Crippen molar-refractivity contribution in [3.63, 3.8) is 0 Å². The van der Waals surface area contributed by atoms with Crippen LogP contribution in [0.25, 0.3) is 11.0 Å². The first-order valence-corrected chi connectivity index (χ1v) is 4.69. The lowest BCUT2D eigenvalue weighted by Crippen LogP contribution is -2.07. The van der Waals surface area contributed by atoms with Crippen molar-refractivity contribution in [2.24, 2.45) is 7.05 Å². The van der Waals surface area contributed by atoms with E-state index in [0.29, 0.717) is 23.2 Å². The SMILES string of the molecule is CCOC(=O)c1cccc2nnn(C)c12. The molecule has 0 atom stereocenters. The van der Waals surface area contributed by atoms with Gasteiger partial charge < -0.3 is 4.74 Å². The summed E-state index contributed by atoms with van der Waals surface area (Å²) in [6.07, 6.45) is 0. The molecule has 0 saturated heterocycles. The van der Waals surface area contributed by atoms with Gasteiger partial charge in [-0.05, 0) is 19.1 Å². The number of esters is 1. The van der Waals surface area contributed by atoms with E-state index in [4.69, 9.17) is 4.74 Å². The third-order valence-corrected chi connectivity index (χ3v) is 2.12. The van der Waals surface area contributed by atoms with Crippen LogP contribution in [0.1, 0.15) is 17.3 Å². The van der Waals surface area contributed by atoms with Gasteiger partial charge in [-0.1, -0.05) is 11.3 Å².